The second-order valence-corrected chi connectivity index (χ2v) is 6.44. The quantitative estimate of drug-likeness (QED) is 0.676. The Balaban J connectivity index is 1.45. The number of amides is 2. The first kappa shape index (κ1) is 16.3. The molecule has 4 rings (SSSR count). The second kappa shape index (κ2) is 6.63. The minimum atomic E-state index is -0.595. The van der Waals surface area contributed by atoms with Gasteiger partial charge in [0.05, 0.1) is 5.92 Å². The molecular weight excluding hydrogens is 333 g/mol. The van der Waals surface area contributed by atoms with Gasteiger partial charge in [-0.3, -0.25) is 9.59 Å². The molecule has 1 aliphatic heterocycles. The third-order valence-corrected chi connectivity index (χ3v) is 4.74. The number of carbonyl (C=O) groups is 2. The molecule has 0 saturated carbocycles. The summed E-state index contributed by atoms with van der Waals surface area (Å²) in [7, 11) is 0. The summed E-state index contributed by atoms with van der Waals surface area (Å²) in [5.41, 5.74) is 3.21. The van der Waals surface area contributed by atoms with Crippen molar-refractivity contribution in [2.45, 2.75) is 18.8 Å². The van der Waals surface area contributed by atoms with Crippen molar-refractivity contribution in [3.8, 4) is 0 Å². The van der Waals surface area contributed by atoms with Crippen LogP contribution in [0.25, 0.3) is 10.9 Å². The van der Waals surface area contributed by atoms with Gasteiger partial charge in [0.15, 0.2) is 0 Å². The molecule has 0 radical (unpaired) electrons. The summed E-state index contributed by atoms with van der Waals surface area (Å²) in [6.07, 6.45) is 2.70. The molecule has 2 amide bonds. The average molecular weight is 351 g/mol. The van der Waals surface area contributed by atoms with Gasteiger partial charge in [-0.2, -0.15) is 0 Å². The maximum Gasteiger partial charge on any atom is 0.228 e. The third kappa shape index (κ3) is 3.06. The number of H-pyrrole nitrogens is 1. The maximum atomic E-state index is 13.4. The van der Waals surface area contributed by atoms with Crippen molar-refractivity contribution in [2.75, 3.05) is 11.9 Å². The van der Waals surface area contributed by atoms with Gasteiger partial charge in [0.2, 0.25) is 11.8 Å². The highest BCUT2D eigenvalue weighted by molar-refractivity contribution is 6.01. The summed E-state index contributed by atoms with van der Waals surface area (Å²) in [6, 6.07) is 12.1. The molecule has 132 valence electrons. The number of benzene rings is 2. The van der Waals surface area contributed by atoms with Crippen LogP contribution in [0.5, 0.6) is 0 Å². The van der Waals surface area contributed by atoms with Crippen molar-refractivity contribution in [3.05, 3.63) is 65.6 Å². The maximum absolute atomic E-state index is 13.4. The molecule has 0 fully saturated rings. The Bertz CT molecular complexity index is 996. The predicted octanol–water partition coefficient (Wildman–Crippen LogP) is 3.09. The number of aromatic amines is 1. The standard InChI is InChI=1S/C20H18FN3O2/c21-13-5-6-15-16(10-19(25)24-18(15)9-13)20(26)22-8-7-12-11-23-17-4-2-1-3-14(12)17/h1-6,9,11,16,23H,7-8,10H2,(H,22,26)(H,24,25)/t16-/m0/s1. The Kier molecular flexibility index (Phi) is 4.16. The number of anilines is 1. The van der Waals surface area contributed by atoms with Crippen LogP contribution in [-0.4, -0.2) is 23.3 Å². The topological polar surface area (TPSA) is 74.0 Å². The van der Waals surface area contributed by atoms with E-state index in [0.717, 1.165) is 16.5 Å². The lowest BCUT2D eigenvalue weighted by molar-refractivity contribution is -0.126. The van der Waals surface area contributed by atoms with E-state index >= 15 is 0 Å². The summed E-state index contributed by atoms with van der Waals surface area (Å²) in [4.78, 5) is 27.6. The molecule has 0 unspecified atom stereocenters. The van der Waals surface area contributed by atoms with Gasteiger partial charge in [0, 0.05) is 35.8 Å². The van der Waals surface area contributed by atoms with Crippen LogP contribution in [0.2, 0.25) is 0 Å². The Morgan fingerprint density at radius 3 is 2.96 bits per heavy atom. The van der Waals surface area contributed by atoms with Crippen LogP contribution in [0.1, 0.15) is 23.5 Å². The van der Waals surface area contributed by atoms with E-state index in [-0.39, 0.29) is 18.2 Å². The third-order valence-electron chi connectivity index (χ3n) is 4.74. The number of fused-ring (bicyclic) bond motifs is 2. The van der Waals surface area contributed by atoms with Crippen molar-refractivity contribution >= 4 is 28.4 Å². The summed E-state index contributed by atoms with van der Waals surface area (Å²) < 4.78 is 13.4. The van der Waals surface area contributed by atoms with E-state index in [9.17, 15) is 14.0 Å². The fourth-order valence-electron chi connectivity index (χ4n) is 3.45. The van der Waals surface area contributed by atoms with Gasteiger partial charge in [0.25, 0.3) is 0 Å². The molecule has 26 heavy (non-hydrogen) atoms. The van der Waals surface area contributed by atoms with E-state index < -0.39 is 11.7 Å². The van der Waals surface area contributed by atoms with Crippen LogP contribution < -0.4 is 10.6 Å². The number of hydrogen-bond donors (Lipinski definition) is 3. The molecule has 3 N–H and O–H groups in total. The van der Waals surface area contributed by atoms with Gasteiger partial charge in [-0.25, -0.2) is 4.39 Å². The first-order chi connectivity index (χ1) is 12.6. The van der Waals surface area contributed by atoms with Crippen LogP contribution in [0.15, 0.2) is 48.7 Å². The van der Waals surface area contributed by atoms with E-state index in [0.29, 0.717) is 24.2 Å². The van der Waals surface area contributed by atoms with Gasteiger partial charge in [-0.1, -0.05) is 24.3 Å². The van der Waals surface area contributed by atoms with E-state index in [4.69, 9.17) is 0 Å². The number of nitrogens with one attached hydrogen (secondary N) is 3. The van der Waals surface area contributed by atoms with E-state index in [2.05, 4.69) is 15.6 Å². The first-order valence-electron chi connectivity index (χ1n) is 8.54. The van der Waals surface area contributed by atoms with Crippen molar-refractivity contribution in [2.24, 2.45) is 0 Å². The van der Waals surface area contributed by atoms with Gasteiger partial charge >= 0.3 is 0 Å². The second-order valence-electron chi connectivity index (χ2n) is 6.44. The normalized spacial score (nSPS) is 16.2. The summed E-state index contributed by atoms with van der Waals surface area (Å²) in [6.45, 7) is 0.468. The fraction of sp³-hybridized carbons (Fsp3) is 0.200. The van der Waals surface area contributed by atoms with Gasteiger partial charge in [0.1, 0.15) is 5.82 Å². The number of carbonyl (C=O) groups excluding carboxylic acids is 2. The molecule has 2 aromatic carbocycles. The molecule has 2 heterocycles. The summed E-state index contributed by atoms with van der Waals surface area (Å²) in [5.74, 6) is -1.53. The van der Waals surface area contributed by atoms with Crippen molar-refractivity contribution in [3.63, 3.8) is 0 Å². The average Bonchev–Trinajstić information content (AvgIpc) is 3.04. The largest absolute Gasteiger partial charge is 0.361 e. The van der Waals surface area contributed by atoms with Crippen LogP contribution >= 0.6 is 0 Å². The Hall–Kier alpha value is -3.15. The first-order valence-corrected chi connectivity index (χ1v) is 8.54. The molecule has 0 spiro atoms. The smallest absolute Gasteiger partial charge is 0.228 e. The Morgan fingerprint density at radius 2 is 2.08 bits per heavy atom. The van der Waals surface area contributed by atoms with Gasteiger partial charge < -0.3 is 15.6 Å². The van der Waals surface area contributed by atoms with Gasteiger partial charge in [-0.15, -0.1) is 0 Å². The molecular formula is C20H18FN3O2. The molecule has 3 aromatic rings. The number of aromatic nitrogens is 1. The highest BCUT2D eigenvalue weighted by Crippen LogP contribution is 2.32. The fourth-order valence-corrected chi connectivity index (χ4v) is 3.45. The van der Waals surface area contributed by atoms with Crippen molar-refractivity contribution in [1.29, 1.82) is 0 Å². The minimum absolute atomic E-state index is 0.0670. The molecule has 1 aliphatic rings. The lowest BCUT2D eigenvalue weighted by atomic mass is 9.89. The van der Waals surface area contributed by atoms with E-state index in [1.165, 1.54) is 12.1 Å². The molecule has 5 nitrogen and oxygen atoms in total. The van der Waals surface area contributed by atoms with Crippen LogP contribution in [0.4, 0.5) is 10.1 Å². The van der Waals surface area contributed by atoms with Crippen LogP contribution in [0, 0.1) is 5.82 Å². The molecule has 6 heteroatoms. The lowest BCUT2D eigenvalue weighted by Crippen LogP contribution is -2.36. The van der Waals surface area contributed by atoms with Crippen LogP contribution in [-0.2, 0) is 16.0 Å². The predicted molar refractivity (Wildman–Crippen MR) is 97.4 cm³/mol. The number of halogens is 1. The van der Waals surface area contributed by atoms with E-state index in [1.807, 2.05) is 30.5 Å². The highest BCUT2D eigenvalue weighted by Gasteiger charge is 2.30. The van der Waals surface area contributed by atoms with Crippen molar-refractivity contribution in [1.82, 2.24) is 10.3 Å². The number of para-hydroxylation sites is 1. The summed E-state index contributed by atoms with van der Waals surface area (Å²) in [5, 5.41) is 6.66. The molecule has 0 aliphatic carbocycles. The Labute approximate surface area is 149 Å². The zero-order valence-corrected chi connectivity index (χ0v) is 14.0. The highest BCUT2D eigenvalue weighted by atomic mass is 19.1. The SMILES string of the molecule is O=C1C[C@H](C(=O)NCCc2c[nH]c3ccccc23)c2ccc(F)cc2N1. The Morgan fingerprint density at radius 1 is 1.23 bits per heavy atom. The lowest BCUT2D eigenvalue weighted by Gasteiger charge is -2.24. The molecule has 0 bridgehead atoms. The van der Waals surface area contributed by atoms with Crippen LogP contribution in [0.3, 0.4) is 0 Å². The summed E-state index contributed by atoms with van der Waals surface area (Å²) >= 11 is 0. The number of rotatable bonds is 4. The zero-order chi connectivity index (χ0) is 18.1. The minimum Gasteiger partial charge on any atom is -0.361 e. The van der Waals surface area contributed by atoms with E-state index in [1.54, 1.807) is 6.07 Å². The molecule has 0 saturated heterocycles. The van der Waals surface area contributed by atoms with Crippen molar-refractivity contribution < 1.29 is 14.0 Å². The zero-order valence-electron chi connectivity index (χ0n) is 14.0. The van der Waals surface area contributed by atoms with Gasteiger partial charge in [-0.05, 0) is 35.7 Å². The number of hydrogen-bond acceptors (Lipinski definition) is 2. The monoisotopic (exact) mass is 351 g/mol. The molecule has 1 aromatic heterocycles. The molecule has 1 atom stereocenters.